The number of nitrogens with zero attached hydrogens (tertiary/aromatic N) is 5. The predicted octanol–water partition coefficient (Wildman–Crippen LogP) is 2.74. The Labute approximate surface area is 222 Å². The van der Waals surface area contributed by atoms with Gasteiger partial charge in [-0.05, 0) is 38.8 Å². The van der Waals surface area contributed by atoms with E-state index in [2.05, 4.69) is 44.3 Å². The minimum Gasteiger partial charge on any atom is -0.348 e. The average Bonchev–Trinajstić information content (AvgIpc) is 3.27. The first-order valence-corrected chi connectivity index (χ1v) is 12.2. The molecule has 1 saturated heterocycles. The number of pyridine rings is 1. The molecule has 0 spiro atoms. The predicted molar refractivity (Wildman–Crippen MR) is 131 cm³/mol. The molecule has 2 aromatic rings. The first-order valence-electron chi connectivity index (χ1n) is 11.8. The third kappa shape index (κ3) is 8.13. The van der Waals surface area contributed by atoms with E-state index in [-0.39, 0.29) is 22.6 Å². The number of hydroxylamine groups is 2. The fraction of sp³-hybridized carbons (Fsp3) is 0.522. The minimum absolute atomic E-state index is 0.0771. The highest BCUT2D eigenvalue weighted by atomic mass is 35.5. The van der Waals surface area contributed by atoms with Gasteiger partial charge in [0.25, 0.3) is 11.8 Å². The van der Waals surface area contributed by atoms with Gasteiger partial charge in [0.2, 0.25) is 5.91 Å². The molecule has 2 N–H and O–H groups in total. The van der Waals surface area contributed by atoms with Crippen LogP contribution in [0, 0.1) is 0 Å². The first kappa shape index (κ1) is 29.3. The molecule has 0 bridgehead atoms. The summed E-state index contributed by atoms with van der Waals surface area (Å²) < 4.78 is 39.6. The zero-order valence-electron chi connectivity index (χ0n) is 21.1. The highest BCUT2D eigenvalue weighted by molar-refractivity contribution is 6.30. The molecule has 0 radical (unpaired) electrons. The maximum absolute atomic E-state index is 13.2. The van der Waals surface area contributed by atoms with Crippen LogP contribution >= 0.6 is 11.6 Å². The van der Waals surface area contributed by atoms with Crippen molar-refractivity contribution in [2.45, 2.75) is 51.5 Å². The Morgan fingerprint density at radius 1 is 1.24 bits per heavy atom. The van der Waals surface area contributed by atoms with Gasteiger partial charge in [0.1, 0.15) is 24.6 Å². The van der Waals surface area contributed by atoms with Crippen LogP contribution in [0.25, 0.3) is 0 Å². The molecule has 0 atom stereocenters. The molecule has 11 nitrogen and oxygen atoms in total. The third-order valence-electron chi connectivity index (χ3n) is 5.88. The molecule has 0 aromatic carbocycles. The largest absolute Gasteiger partial charge is 0.408 e. The summed E-state index contributed by atoms with van der Waals surface area (Å²) in [5.74, 6) is -2.29. The normalized spacial score (nSPS) is 14.9. The van der Waals surface area contributed by atoms with Crippen molar-refractivity contribution < 1.29 is 32.4 Å². The van der Waals surface area contributed by atoms with E-state index in [1.54, 1.807) is 0 Å². The molecule has 3 amide bonds. The molecule has 2 aromatic heterocycles. The molecule has 1 aliphatic rings. The second-order valence-corrected chi connectivity index (χ2v) is 9.44. The van der Waals surface area contributed by atoms with E-state index in [1.807, 2.05) is 0 Å². The lowest BCUT2D eigenvalue weighted by molar-refractivity contribution is -0.200. The monoisotopic (exact) mass is 559 g/mol. The lowest BCUT2D eigenvalue weighted by atomic mass is 10.0. The second-order valence-electron chi connectivity index (χ2n) is 9.00. The van der Waals surface area contributed by atoms with Crippen LogP contribution in [0.1, 0.15) is 47.7 Å². The molecule has 3 heterocycles. The Morgan fingerprint density at radius 2 is 1.92 bits per heavy atom. The fourth-order valence-corrected chi connectivity index (χ4v) is 4.03. The number of halogens is 4. The summed E-state index contributed by atoms with van der Waals surface area (Å²) in [6, 6.07) is 4.22. The van der Waals surface area contributed by atoms with Gasteiger partial charge in [-0.3, -0.25) is 19.2 Å². The van der Waals surface area contributed by atoms with Gasteiger partial charge in [0.15, 0.2) is 5.69 Å². The van der Waals surface area contributed by atoms with Crippen LogP contribution in [-0.2, 0) is 16.2 Å². The number of amides is 3. The van der Waals surface area contributed by atoms with Gasteiger partial charge in [0, 0.05) is 37.4 Å². The Balaban J connectivity index is 1.81. The van der Waals surface area contributed by atoms with Crippen molar-refractivity contribution in [2.75, 3.05) is 32.1 Å². The third-order valence-corrected chi connectivity index (χ3v) is 6.11. The summed E-state index contributed by atoms with van der Waals surface area (Å²) in [4.78, 5) is 49.3. The van der Waals surface area contributed by atoms with E-state index >= 15 is 0 Å². The van der Waals surface area contributed by atoms with Gasteiger partial charge in [-0.1, -0.05) is 11.6 Å². The van der Waals surface area contributed by atoms with E-state index in [0.717, 1.165) is 30.9 Å². The van der Waals surface area contributed by atoms with E-state index < -0.39 is 42.7 Å². The summed E-state index contributed by atoms with van der Waals surface area (Å²) >= 11 is 5.79. The number of likely N-dealkylation sites (tertiary alicyclic amines) is 1. The summed E-state index contributed by atoms with van der Waals surface area (Å²) in [6.07, 6.45) is -2.03. The Bertz CT molecular complexity index is 1130. The number of aromatic nitrogens is 3. The van der Waals surface area contributed by atoms with Crippen molar-refractivity contribution in [2.24, 2.45) is 0 Å². The van der Waals surface area contributed by atoms with Crippen LogP contribution < -0.4 is 10.6 Å². The van der Waals surface area contributed by atoms with Gasteiger partial charge in [-0.2, -0.15) is 18.3 Å². The summed E-state index contributed by atoms with van der Waals surface area (Å²) in [5, 5.41) is 9.78. The molecule has 208 valence electrons. The highest BCUT2D eigenvalue weighted by Crippen LogP contribution is 2.19. The first-order chi connectivity index (χ1) is 17.9. The lowest BCUT2D eigenvalue weighted by Crippen LogP contribution is -2.47. The quantitative estimate of drug-likeness (QED) is 0.453. The van der Waals surface area contributed by atoms with Crippen LogP contribution in [-0.4, -0.2) is 87.5 Å². The molecule has 38 heavy (non-hydrogen) atoms. The summed E-state index contributed by atoms with van der Waals surface area (Å²) in [5.41, 5.74) is -0.657. The molecule has 15 heteroatoms. The second kappa shape index (κ2) is 12.5. The molecule has 1 aliphatic heterocycles. The zero-order chi connectivity index (χ0) is 28.0. The number of rotatable bonds is 9. The zero-order valence-corrected chi connectivity index (χ0v) is 21.8. The van der Waals surface area contributed by atoms with Crippen LogP contribution in [0.3, 0.4) is 0 Å². The maximum atomic E-state index is 13.2. The Morgan fingerprint density at radius 3 is 2.47 bits per heavy atom. The molecule has 0 saturated carbocycles. The lowest BCUT2D eigenvalue weighted by Gasteiger charge is -2.34. The number of nitrogens with one attached hydrogen (secondary N) is 2. The summed E-state index contributed by atoms with van der Waals surface area (Å²) in [6.45, 7) is 3.53. The van der Waals surface area contributed by atoms with Crippen LogP contribution in [0.5, 0.6) is 0 Å². The van der Waals surface area contributed by atoms with Crippen molar-refractivity contribution in [3.8, 4) is 0 Å². The van der Waals surface area contributed by atoms with E-state index in [4.69, 9.17) is 11.6 Å². The number of hydrogen-bond acceptors (Lipinski definition) is 7. The van der Waals surface area contributed by atoms with Crippen molar-refractivity contribution in [3.05, 3.63) is 40.8 Å². The van der Waals surface area contributed by atoms with E-state index in [9.17, 15) is 27.6 Å². The van der Waals surface area contributed by atoms with E-state index in [1.165, 1.54) is 18.3 Å². The topological polar surface area (TPSA) is 122 Å². The SMILES string of the molecule is CON(CC(F)(F)F)C(=O)c1cc(C(=O)NC2CCN(C(C)C)CC2)n(CC(=O)Nc2ccc(Cl)cn2)n1. The molecule has 0 unspecified atom stereocenters. The van der Waals surface area contributed by atoms with Crippen LogP contribution in [0.4, 0.5) is 19.0 Å². The minimum atomic E-state index is -4.73. The van der Waals surface area contributed by atoms with Gasteiger partial charge >= 0.3 is 6.18 Å². The van der Waals surface area contributed by atoms with Crippen LogP contribution in [0.2, 0.25) is 5.02 Å². The average molecular weight is 560 g/mol. The number of hydrogen-bond donors (Lipinski definition) is 2. The highest BCUT2D eigenvalue weighted by Gasteiger charge is 2.35. The maximum Gasteiger partial charge on any atom is 0.408 e. The smallest absolute Gasteiger partial charge is 0.348 e. The standard InChI is InChI=1S/C23H29ClF3N7O4/c1-14(2)32-8-6-16(7-9-32)29-21(36)18-10-17(22(37)34(38-3)13-23(25,26)27)31-33(18)12-20(35)30-19-5-4-15(24)11-28-19/h4-5,10-11,14,16H,6-9,12-13H2,1-3H3,(H,29,36)(H,28,30,35). The molecule has 1 fully saturated rings. The van der Waals surface area contributed by atoms with Crippen LogP contribution in [0.15, 0.2) is 24.4 Å². The number of carbonyl (C=O) groups excluding carboxylic acids is 3. The number of piperidine rings is 1. The number of carbonyl (C=O) groups is 3. The van der Waals surface area contributed by atoms with Gasteiger partial charge in [-0.25, -0.2) is 14.7 Å². The number of alkyl halides is 3. The molecular weight excluding hydrogens is 531 g/mol. The fourth-order valence-electron chi connectivity index (χ4n) is 3.92. The van der Waals surface area contributed by atoms with Gasteiger partial charge in [-0.15, -0.1) is 0 Å². The number of anilines is 1. The van der Waals surface area contributed by atoms with E-state index in [0.29, 0.717) is 23.9 Å². The summed E-state index contributed by atoms with van der Waals surface area (Å²) in [7, 11) is 0.907. The van der Waals surface area contributed by atoms with Gasteiger partial charge in [0.05, 0.1) is 12.1 Å². The Hall–Kier alpha value is -3.23. The van der Waals surface area contributed by atoms with Crippen molar-refractivity contribution in [1.29, 1.82) is 0 Å². The van der Waals surface area contributed by atoms with Crippen molar-refractivity contribution >= 4 is 35.1 Å². The Kier molecular flexibility index (Phi) is 9.68. The van der Waals surface area contributed by atoms with Gasteiger partial charge < -0.3 is 15.5 Å². The molecular formula is C23H29ClF3N7O4. The van der Waals surface area contributed by atoms with Crippen molar-refractivity contribution in [3.63, 3.8) is 0 Å². The molecule has 0 aliphatic carbocycles. The van der Waals surface area contributed by atoms with Crippen molar-refractivity contribution in [1.82, 2.24) is 30.0 Å². The molecule has 3 rings (SSSR count).